The van der Waals surface area contributed by atoms with Crippen LogP contribution >= 0.6 is 11.6 Å². The van der Waals surface area contributed by atoms with Crippen molar-refractivity contribution in [1.82, 2.24) is 4.98 Å². The SMILES string of the molecule is OC(c1ccc2ncc(Cl)cc2c1)c1cc(COC2CCCCO2)ccc1COC1CCCCO1. The minimum absolute atomic E-state index is 0.165. The molecule has 0 aliphatic carbocycles. The molecule has 0 amide bonds. The van der Waals surface area contributed by atoms with Crippen molar-refractivity contribution in [2.45, 2.75) is 70.4 Å². The van der Waals surface area contributed by atoms with E-state index in [1.165, 1.54) is 0 Å². The van der Waals surface area contributed by atoms with E-state index in [1.54, 1.807) is 6.20 Å². The number of halogens is 1. The molecular formula is C28H32ClNO5. The zero-order valence-electron chi connectivity index (χ0n) is 19.8. The summed E-state index contributed by atoms with van der Waals surface area (Å²) in [4.78, 5) is 4.36. The van der Waals surface area contributed by atoms with Crippen molar-refractivity contribution in [1.29, 1.82) is 0 Å². The molecule has 1 aromatic heterocycles. The first kappa shape index (κ1) is 24.6. The molecule has 0 saturated carbocycles. The Kier molecular flexibility index (Phi) is 8.29. The van der Waals surface area contributed by atoms with E-state index in [1.807, 2.05) is 42.5 Å². The van der Waals surface area contributed by atoms with Crippen LogP contribution in [0.25, 0.3) is 10.9 Å². The van der Waals surface area contributed by atoms with Gasteiger partial charge in [0.15, 0.2) is 12.6 Å². The number of nitrogens with zero attached hydrogens (tertiary/aromatic N) is 1. The zero-order chi connectivity index (χ0) is 24.0. The molecule has 0 radical (unpaired) electrons. The van der Waals surface area contributed by atoms with Crippen molar-refractivity contribution in [2.75, 3.05) is 13.2 Å². The van der Waals surface area contributed by atoms with Gasteiger partial charge < -0.3 is 24.1 Å². The highest BCUT2D eigenvalue weighted by Gasteiger charge is 2.20. The van der Waals surface area contributed by atoms with E-state index in [9.17, 15) is 5.11 Å². The Bertz CT molecular complexity index is 1130. The minimum atomic E-state index is -0.838. The molecule has 3 atom stereocenters. The Morgan fingerprint density at radius 2 is 1.66 bits per heavy atom. The average molecular weight is 498 g/mol. The third-order valence-electron chi connectivity index (χ3n) is 6.63. The minimum Gasteiger partial charge on any atom is -0.384 e. The van der Waals surface area contributed by atoms with Crippen LogP contribution in [0, 0.1) is 0 Å². The van der Waals surface area contributed by atoms with Crippen LogP contribution in [0.2, 0.25) is 5.02 Å². The number of aliphatic hydroxyl groups is 1. The summed E-state index contributed by atoms with van der Waals surface area (Å²) in [6.45, 7) is 2.27. The molecule has 2 aromatic carbocycles. The lowest BCUT2D eigenvalue weighted by molar-refractivity contribution is -0.169. The van der Waals surface area contributed by atoms with Crippen molar-refractivity contribution in [2.24, 2.45) is 0 Å². The summed E-state index contributed by atoms with van der Waals surface area (Å²) in [5.41, 5.74) is 4.30. The van der Waals surface area contributed by atoms with Gasteiger partial charge in [0.2, 0.25) is 0 Å². The van der Waals surface area contributed by atoms with Crippen LogP contribution in [-0.4, -0.2) is 35.9 Å². The molecule has 5 rings (SSSR count). The molecule has 2 saturated heterocycles. The number of aliphatic hydroxyl groups excluding tert-OH is 1. The predicted octanol–water partition coefficient (Wildman–Crippen LogP) is 6.06. The van der Waals surface area contributed by atoms with Gasteiger partial charge in [-0.15, -0.1) is 0 Å². The molecule has 3 unspecified atom stereocenters. The maximum Gasteiger partial charge on any atom is 0.158 e. The third kappa shape index (κ3) is 6.39. The molecule has 35 heavy (non-hydrogen) atoms. The van der Waals surface area contributed by atoms with Crippen LogP contribution < -0.4 is 0 Å². The topological polar surface area (TPSA) is 70.0 Å². The first-order valence-corrected chi connectivity index (χ1v) is 12.8. The molecule has 2 aliphatic heterocycles. The molecule has 6 nitrogen and oxygen atoms in total. The lowest BCUT2D eigenvalue weighted by Crippen LogP contribution is -2.23. The first-order chi connectivity index (χ1) is 17.2. The maximum atomic E-state index is 11.5. The van der Waals surface area contributed by atoms with Gasteiger partial charge >= 0.3 is 0 Å². The lowest BCUT2D eigenvalue weighted by Gasteiger charge is -2.25. The molecule has 7 heteroatoms. The molecule has 2 fully saturated rings. The summed E-state index contributed by atoms with van der Waals surface area (Å²) < 4.78 is 23.5. The van der Waals surface area contributed by atoms with Gasteiger partial charge in [0.05, 0.1) is 23.8 Å². The van der Waals surface area contributed by atoms with Crippen molar-refractivity contribution in [3.05, 3.63) is 75.9 Å². The number of hydrogen-bond acceptors (Lipinski definition) is 6. The van der Waals surface area contributed by atoms with E-state index in [4.69, 9.17) is 30.5 Å². The zero-order valence-corrected chi connectivity index (χ0v) is 20.6. The monoisotopic (exact) mass is 497 g/mol. The van der Waals surface area contributed by atoms with E-state index in [-0.39, 0.29) is 12.6 Å². The second kappa shape index (κ2) is 11.8. The van der Waals surface area contributed by atoms with E-state index < -0.39 is 6.10 Å². The van der Waals surface area contributed by atoms with E-state index in [0.717, 1.165) is 84.9 Å². The molecule has 1 N–H and O–H groups in total. The van der Waals surface area contributed by atoms with Crippen LogP contribution in [0.1, 0.15) is 66.9 Å². The van der Waals surface area contributed by atoms with Gasteiger partial charge in [-0.2, -0.15) is 0 Å². The number of benzene rings is 2. The van der Waals surface area contributed by atoms with Gasteiger partial charge in [-0.05, 0) is 79.0 Å². The Hall–Kier alpha value is -2.06. The van der Waals surface area contributed by atoms with Crippen LogP contribution in [0.15, 0.2) is 48.7 Å². The van der Waals surface area contributed by atoms with Crippen LogP contribution in [0.3, 0.4) is 0 Å². The van der Waals surface area contributed by atoms with E-state index in [0.29, 0.717) is 18.2 Å². The first-order valence-electron chi connectivity index (χ1n) is 12.5. The number of aromatic nitrogens is 1. The predicted molar refractivity (Wildman–Crippen MR) is 134 cm³/mol. The summed E-state index contributed by atoms with van der Waals surface area (Å²) in [7, 11) is 0. The lowest BCUT2D eigenvalue weighted by atomic mass is 9.94. The molecule has 186 valence electrons. The molecule has 2 aliphatic rings. The molecule has 3 heterocycles. The highest BCUT2D eigenvalue weighted by molar-refractivity contribution is 6.31. The van der Waals surface area contributed by atoms with E-state index in [2.05, 4.69) is 4.98 Å². The van der Waals surface area contributed by atoms with Crippen molar-refractivity contribution in [3.63, 3.8) is 0 Å². The van der Waals surface area contributed by atoms with Gasteiger partial charge in [0.25, 0.3) is 0 Å². The summed E-state index contributed by atoms with van der Waals surface area (Å²) >= 11 is 6.15. The molecule has 0 spiro atoms. The largest absolute Gasteiger partial charge is 0.384 e. The standard InChI is InChI=1S/C28H32ClNO5/c29-23-15-22-14-20(9-10-25(22)30-16-23)28(31)24-13-19(17-34-26-5-1-3-11-32-26)7-8-21(24)18-35-27-6-2-4-12-33-27/h7-10,13-16,26-28,31H,1-6,11-12,17-18H2. The molecule has 0 bridgehead atoms. The second-order valence-corrected chi connectivity index (χ2v) is 9.69. The Balaban J connectivity index is 1.39. The highest BCUT2D eigenvalue weighted by atomic mass is 35.5. The normalized spacial score (nSPS) is 21.8. The Morgan fingerprint density at radius 3 is 2.37 bits per heavy atom. The van der Waals surface area contributed by atoms with Crippen molar-refractivity contribution < 1.29 is 24.1 Å². The fourth-order valence-electron chi connectivity index (χ4n) is 4.65. The third-order valence-corrected chi connectivity index (χ3v) is 6.84. The van der Waals surface area contributed by atoms with Crippen molar-refractivity contribution in [3.8, 4) is 0 Å². The number of pyridine rings is 1. The summed E-state index contributed by atoms with van der Waals surface area (Å²) in [5.74, 6) is 0. The number of ether oxygens (including phenoxy) is 4. The molecular weight excluding hydrogens is 466 g/mol. The van der Waals surface area contributed by atoms with E-state index >= 15 is 0 Å². The summed E-state index contributed by atoms with van der Waals surface area (Å²) in [5, 5.41) is 12.9. The van der Waals surface area contributed by atoms with Crippen LogP contribution in [0.4, 0.5) is 0 Å². The van der Waals surface area contributed by atoms with Gasteiger partial charge in [-0.1, -0.05) is 35.9 Å². The Labute approximate surface area is 211 Å². The van der Waals surface area contributed by atoms with Gasteiger partial charge in [-0.3, -0.25) is 4.98 Å². The fourth-order valence-corrected chi connectivity index (χ4v) is 4.82. The fraction of sp³-hybridized carbons (Fsp3) is 0.464. The highest BCUT2D eigenvalue weighted by Crippen LogP contribution is 2.30. The Morgan fingerprint density at radius 1 is 0.914 bits per heavy atom. The van der Waals surface area contributed by atoms with Crippen LogP contribution in [-0.2, 0) is 32.2 Å². The summed E-state index contributed by atoms with van der Waals surface area (Å²) in [6, 6.07) is 13.7. The molecule has 3 aromatic rings. The van der Waals surface area contributed by atoms with Gasteiger partial charge in [0, 0.05) is 24.8 Å². The smallest absolute Gasteiger partial charge is 0.158 e. The van der Waals surface area contributed by atoms with Gasteiger partial charge in [-0.25, -0.2) is 0 Å². The second-order valence-electron chi connectivity index (χ2n) is 9.26. The summed E-state index contributed by atoms with van der Waals surface area (Å²) in [6.07, 6.45) is 6.61. The number of fused-ring (bicyclic) bond motifs is 1. The number of rotatable bonds is 8. The number of hydrogen-bond donors (Lipinski definition) is 1. The average Bonchev–Trinajstić information content (AvgIpc) is 2.91. The van der Waals surface area contributed by atoms with Crippen molar-refractivity contribution >= 4 is 22.5 Å². The van der Waals surface area contributed by atoms with Gasteiger partial charge in [0.1, 0.15) is 6.10 Å². The van der Waals surface area contributed by atoms with Crippen LogP contribution in [0.5, 0.6) is 0 Å². The maximum absolute atomic E-state index is 11.5. The quantitative estimate of drug-likeness (QED) is 0.408.